The van der Waals surface area contributed by atoms with Crippen LogP contribution < -0.4 is 4.90 Å². The van der Waals surface area contributed by atoms with Crippen molar-refractivity contribution in [2.24, 2.45) is 10.2 Å². The lowest BCUT2D eigenvalue weighted by atomic mass is 10.1. The molecule has 4 rings (SSSR count). The second-order valence-corrected chi connectivity index (χ2v) is 5.57. The number of anilines is 2. The quantitative estimate of drug-likeness (QED) is 0.866. The molecule has 0 saturated carbocycles. The number of hydrogen-bond donors (Lipinski definition) is 0. The van der Waals surface area contributed by atoms with Gasteiger partial charge in [-0.3, -0.25) is 4.90 Å². The molecule has 0 saturated heterocycles. The van der Waals surface area contributed by atoms with Gasteiger partial charge in [0.2, 0.25) is 0 Å². The van der Waals surface area contributed by atoms with Crippen molar-refractivity contribution in [2.45, 2.75) is 12.8 Å². The Bertz CT molecular complexity index is 772. The van der Waals surface area contributed by atoms with E-state index in [0.29, 0.717) is 13.3 Å². The fraction of sp³-hybridized carbons (Fsp3) is 0.235. The summed E-state index contributed by atoms with van der Waals surface area (Å²) in [5.74, 6) is 0. The topological polar surface area (TPSA) is 57.5 Å². The van der Waals surface area contributed by atoms with Crippen LogP contribution in [0.3, 0.4) is 0 Å². The third kappa shape index (κ3) is 2.27. The minimum Gasteiger partial charge on any atom is -0.380 e. The summed E-state index contributed by atoms with van der Waals surface area (Å²) in [5, 5.41) is 7.82. The number of fused-ring (bicyclic) bond motifs is 3. The van der Waals surface area contributed by atoms with Gasteiger partial charge in [0.1, 0.15) is 6.67 Å². The van der Waals surface area contributed by atoms with E-state index >= 15 is 0 Å². The first-order valence-electron chi connectivity index (χ1n) is 7.44. The third-order valence-corrected chi connectivity index (χ3v) is 4.15. The zero-order valence-electron chi connectivity index (χ0n) is 12.7. The second kappa shape index (κ2) is 5.48. The number of amides is 2. The van der Waals surface area contributed by atoms with Crippen LogP contribution in [0.4, 0.5) is 16.2 Å². The summed E-state index contributed by atoms with van der Waals surface area (Å²) in [7, 11) is 1.68. The van der Waals surface area contributed by atoms with Crippen LogP contribution in [0.2, 0.25) is 0 Å². The Morgan fingerprint density at radius 3 is 2.74 bits per heavy atom. The van der Waals surface area contributed by atoms with E-state index in [9.17, 15) is 4.79 Å². The van der Waals surface area contributed by atoms with E-state index in [1.54, 1.807) is 12.0 Å². The molecule has 0 spiro atoms. The van der Waals surface area contributed by atoms with Crippen molar-refractivity contribution in [1.82, 2.24) is 4.90 Å². The molecule has 0 fully saturated rings. The Morgan fingerprint density at radius 1 is 1.17 bits per heavy atom. The summed E-state index contributed by atoms with van der Waals surface area (Å²) < 4.78 is 5.15. The first kappa shape index (κ1) is 13.9. The number of urea groups is 1. The maximum absolute atomic E-state index is 12.0. The van der Waals surface area contributed by atoms with Gasteiger partial charge in [0.15, 0.2) is 6.17 Å². The van der Waals surface area contributed by atoms with Gasteiger partial charge in [-0.05, 0) is 23.8 Å². The first-order chi connectivity index (χ1) is 11.3. The van der Waals surface area contributed by atoms with E-state index in [2.05, 4.69) is 15.1 Å². The molecule has 6 heteroatoms. The number of methoxy groups -OCH3 is 1. The molecule has 116 valence electrons. The first-order valence-corrected chi connectivity index (χ1v) is 7.44. The molecule has 0 aliphatic carbocycles. The van der Waals surface area contributed by atoms with E-state index in [0.717, 1.165) is 22.5 Å². The van der Waals surface area contributed by atoms with Gasteiger partial charge in [0.05, 0.1) is 12.3 Å². The minimum atomic E-state index is -0.303. The van der Waals surface area contributed by atoms with Crippen LogP contribution in [0.25, 0.3) is 0 Å². The van der Waals surface area contributed by atoms with Crippen molar-refractivity contribution in [3.05, 3.63) is 59.7 Å². The van der Waals surface area contributed by atoms with E-state index in [-0.39, 0.29) is 12.2 Å². The second-order valence-electron chi connectivity index (χ2n) is 5.57. The van der Waals surface area contributed by atoms with Crippen LogP contribution in [-0.2, 0) is 11.3 Å². The van der Waals surface area contributed by atoms with Gasteiger partial charge in [-0.1, -0.05) is 35.4 Å². The average Bonchev–Trinajstić information content (AvgIpc) is 2.97. The van der Waals surface area contributed by atoms with Gasteiger partial charge in [-0.15, -0.1) is 0 Å². The summed E-state index contributed by atoms with van der Waals surface area (Å²) in [5.41, 5.74) is 4.19. The SMILES string of the molecule is COCc1ccc(N2CN3C(=O)N=NC3c3ccccc32)cc1. The molecule has 0 aromatic heterocycles. The molecule has 0 bridgehead atoms. The summed E-state index contributed by atoms with van der Waals surface area (Å²) in [6, 6.07) is 15.9. The number of ether oxygens (including phenoxy) is 1. The lowest BCUT2D eigenvalue weighted by Crippen LogP contribution is -2.42. The summed E-state index contributed by atoms with van der Waals surface area (Å²) in [6.45, 7) is 1.03. The van der Waals surface area contributed by atoms with E-state index in [1.807, 2.05) is 48.5 Å². The maximum atomic E-state index is 12.0. The van der Waals surface area contributed by atoms with Crippen LogP contribution >= 0.6 is 0 Å². The highest BCUT2D eigenvalue weighted by Gasteiger charge is 2.38. The number of carbonyl (C=O) groups is 1. The van der Waals surface area contributed by atoms with Crippen molar-refractivity contribution < 1.29 is 9.53 Å². The lowest BCUT2D eigenvalue weighted by Gasteiger charge is -2.38. The summed E-state index contributed by atoms with van der Waals surface area (Å²) in [4.78, 5) is 15.7. The minimum absolute atomic E-state index is 0.287. The molecule has 23 heavy (non-hydrogen) atoms. The smallest absolute Gasteiger partial charge is 0.365 e. The van der Waals surface area contributed by atoms with Gasteiger partial charge in [-0.2, -0.15) is 5.11 Å². The van der Waals surface area contributed by atoms with E-state index in [1.165, 1.54) is 0 Å². The van der Waals surface area contributed by atoms with E-state index < -0.39 is 0 Å². The highest BCUT2D eigenvalue weighted by molar-refractivity contribution is 5.80. The molecule has 0 radical (unpaired) electrons. The predicted octanol–water partition coefficient (Wildman–Crippen LogP) is 3.83. The zero-order chi connectivity index (χ0) is 15.8. The molecule has 2 aliphatic rings. The van der Waals surface area contributed by atoms with Crippen molar-refractivity contribution in [3.8, 4) is 0 Å². The largest absolute Gasteiger partial charge is 0.380 e. The number of para-hydroxylation sites is 1. The summed E-state index contributed by atoms with van der Waals surface area (Å²) >= 11 is 0. The number of nitrogens with zero attached hydrogens (tertiary/aromatic N) is 4. The Kier molecular flexibility index (Phi) is 3.31. The molecular weight excluding hydrogens is 292 g/mol. The molecule has 2 aromatic rings. The molecule has 2 aliphatic heterocycles. The number of azo groups is 1. The van der Waals surface area contributed by atoms with Gasteiger partial charge in [0.25, 0.3) is 0 Å². The Balaban J connectivity index is 1.74. The predicted molar refractivity (Wildman–Crippen MR) is 85.4 cm³/mol. The molecule has 1 atom stereocenters. The Labute approximate surface area is 134 Å². The average molecular weight is 308 g/mol. The molecule has 2 aromatic carbocycles. The zero-order valence-corrected chi connectivity index (χ0v) is 12.7. The highest BCUT2D eigenvalue weighted by atomic mass is 16.5. The molecule has 2 amide bonds. The van der Waals surface area contributed by atoms with Gasteiger partial charge in [-0.25, -0.2) is 4.79 Å². The van der Waals surface area contributed by atoms with Crippen molar-refractivity contribution in [1.29, 1.82) is 0 Å². The molecule has 2 heterocycles. The van der Waals surface area contributed by atoms with Crippen molar-refractivity contribution in [3.63, 3.8) is 0 Å². The van der Waals surface area contributed by atoms with Crippen molar-refractivity contribution in [2.75, 3.05) is 18.7 Å². The van der Waals surface area contributed by atoms with Crippen LogP contribution in [0, 0.1) is 0 Å². The molecule has 1 unspecified atom stereocenters. The van der Waals surface area contributed by atoms with Crippen LogP contribution in [0.1, 0.15) is 17.3 Å². The number of rotatable bonds is 3. The van der Waals surface area contributed by atoms with Gasteiger partial charge in [0, 0.05) is 18.4 Å². The summed E-state index contributed by atoms with van der Waals surface area (Å²) in [6.07, 6.45) is -0.303. The normalized spacial score (nSPS) is 19.0. The monoisotopic (exact) mass is 308 g/mol. The Hall–Kier alpha value is -2.73. The number of hydrogen-bond acceptors (Lipinski definition) is 4. The molecular formula is C17H16N4O2. The Morgan fingerprint density at radius 2 is 1.96 bits per heavy atom. The number of carbonyl (C=O) groups excluding carboxylic acids is 1. The third-order valence-electron chi connectivity index (χ3n) is 4.15. The highest BCUT2D eigenvalue weighted by Crippen LogP contribution is 2.42. The standard InChI is InChI=1S/C17H16N4O2/c1-23-10-12-6-8-13(9-7-12)20-11-21-16(18-19-17(21)22)14-4-2-3-5-15(14)20/h2-9,16H,10-11H2,1H3. The van der Waals surface area contributed by atoms with Crippen molar-refractivity contribution >= 4 is 17.4 Å². The lowest BCUT2D eigenvalue weighted by molar-refractivity contribution is 0.185. The van der Waals surface area contributed by atoms with Gasteiger partial charge < -0.3 is 9.64 Å². The fourth-order valence-electron chi connectivity index (χ4n) is 3.04. The fourth-order valence-corrected chi connectivity index (χ4v) is 3.04. The maximum Gasteiger partial charge on any atom is 0.365 e. The van der Waals surface area contributed by atoms with Gasteiger partial charge >= 0.3 is 6.03 Å². The molecule has 0 N–H and O–H groups in total. The molecule has 6 nitrogen and oxygen atoms in total. The van der Waals surface area contributed by atoms with Crippen LogP contribution in [0.15, 0.2) is 58.8 Å². The number of benzene rings is 2. The van der Waals surface area contributed by atoms with E-state index in [4.69, 9.17) is 4.74 Å². The van der Waals surface area contributed by atoms with Crippen LogP contribution in [0.5, 0.6) is 0 Å². The van der Waals surface area contributed by atoms with Crippen LogP contribution in [-0.4, -0.2) is 24.7 Å².